The van der Waals surface area contributed by atoms with Crippen LogP contribution in [-0.4, -0.2) is 22.0 Å². The quantitative estimate of drug-likeness (QED) is 0.652. The highest BCUT2D eigenvalue weighted by atomic mass is 32.2. The van der Waals surface area contributed by atoms with Gasteiger partial charge in [0.1, 0.15) is 11.5 Å². The Morgan fingerprint density at radius 3 is 2.43 bits per heavy atom. The second kappa shape index (κ2) is 7.42. The Hall–Kier alpha value is -0.760. The summed E-state index contributed by atoms with van der Waals surface area (Å²) in [6, 6.07) is 0. The second-order valence-electron chi connectivity index (χ2n) is 7.75. The number of rotatable bonds is 4. The molecule has 2 heteroatoms. The molecule has 0 amide bonds. The third-order valence-electron chi connectivity index (χ3n) is 5.79. The zero-order valence-electron chi connectivity index (χ0n) is 14.8. The fourth-order valence-electron chi connectivity index (χ4n) is 4.20. The minimum Gasteiger partial charge on any atom is -0.289 e. The van der Waals surface area contributed by atoms with Crippen molar-refractivity contribution < 1.29 is 4.79 Å². The van der Waals surface area contributed by atoms with Crippen molar-refractivity contribution in [1.29, 1.82) is 0 Å². The average Bonchev–Trinajstić information content (AvgIpc) is 3.01. The first kappa shape index (κ1) is 17.1. The zero-order valence-corrected chi connectivity index (χ0v) is 15.6. The first-order valence-electron chi connectivity index (χ1n) is 9.39. The number of allylic oxidation sites excluding steroid dienone is 6. The van der Waals surface area contributed by atoms with Crippen LogP contribution >= 0.6 is 0 Å². The van der Waals surface area contributed by atoms with E-state index in [9.17, 15) is 4.79 Å². The Labute approximate surface area is 144 Å². The summed E-state index contributed by atoms with van der Waals surface area (Å²) in [6.45, 7) is 4.37. The van der Waals surface area contributed by atoms with E-state index in [4.69, 9.17) is 0 Å². The van der Waals surface area contributed by atoms with Gasteiger partial charge in [-0.25, -0.2) is 0 Å². The molecule has 1 heterocycles. The molecule has 2 aliphatic carbocycles. The van der Waals surface area contributed by atoms with Crippen LogP contribution in [0.1, 0.15) is 65.2 Å². The number of hydrogen-bond donors (Lipinski definition) is 0. The van der Waals surface area contributed by atoms with E-state index in [1.807, 2.05) is 0 Å². The van der Waals surface area contributed by atoms with E-state index in [2.05, 4.69) is 38.2 Å². The van der Waals surface area contributed by atoms with Crippen molar-refractivity contribution in [2.24, 2.45) is 5.92 Å². The Kier molecular flexibility index (Phi) is 5.51. The van der Waals surface area contributed by atoms with E-state index >= 15 is 0 Å². The molecule has 3 rings (SSSR count). The Bertz CT molecular complexity index is 526. The first-order valence-corrected chi connectivity index (χ1v) is 10.9. The van der Waals surface area contributed by atoms with E-state index in [0.29, 0.717) is 5.78 Å². The molecule has 1 aliphatic heterocycles. The maximum atomic E-state index is 13.1. The van der Waals surface area contributed by atoms with Crippen molar-refractivity contribution in [1.82, 2.24) is 0 Å². The molecule has 0 aromatic heterocycles. The lowest BCUT2D eigenvalue weighted by atomic mass is 9.83. The molecule has 2 fully saturated rings. The molecule has 0 aromatic carbocycles. The molecule has 0 radical (unpaired) electrons. The van der Waals surface area contributed by atoms with Gasteiger partial charge in [-0.1, -0.05) is 43.6 Å². The van der Waals surface area contributed by atoms with Crippen molar-refractivity contribution in [3.63, 3.8) is 0 Å². The summed E-state index contributed by atoms with van der Waals surface area (Å²) in [7, 11) is 0.277. The number of hydrogen-bond acceptors (Lipinski definition) is 1. The third-order valence-corrected chi connectivity index (χ3v) is 8.98. The number of Topliss-reactive ketones (excluding diaryl/α,β-unsaturated/α-hetero) is 1. The van der Waals surface area contributed by atoms with Crippen molar-refractivity contribution >= 4 is 16.7 Å². The molecule has 0 atom stereocenters. The topological polar surface area (TPSA) is 17.1 Å². The molecular formula is C21H31OS+. The van der Waals surface area contributed by atoms with Crippen LogP contribution < -0.4 is 0 Å². The SMILES string of the molecule is CC(C)(C(=O)C1=CC=C(C2CCCCC2)C=CC1)[S+]1CCCC1. The molecule has 23 heavy (non-hydrogen) atoms. The van der Waals surface area contributed by atoms with E-state index in [1.165, 1.54) is 62.0 Å². The van der Waals surface area contributed by atoms with Gasteiger partial charge in [-0.2, -0.15) is 0 Å². The molecular weight excluding hydrogens is 300 g/mol. The van der Waals surface area contributed by atoms with Gasteiger partial charge in [-0.15, -0.1) is 0 Å². The number of carbonyl (C=O) groups is 1. The Morgan fingerprint density at radius 2 is 1.74 bits per heavy atom. The Morgan fingerprint density at radius 1 is 1.04 bits per heavy atom. The molecule has 0 spiro atoms. The number of ketones is 1. The smallest absolute Gasteiger partial charge is 0.213 e. The van der Waals surface area contributed by atoms with E-state index < -0.39 is 0 Å². The van der Waals surface area contributed by atoms with Crippen LogP contribution in [0.2, 0.25) is 0 Å². The van der Waals surface area contributed by atoms with Gasteiger partial charge in [0.25, 0.3) is 0 Å². The summed E-state index contributed by atoms with van der Waals surface area (Å²) < 4.78 is -0.167. The summed E-state index contributed by atoms with van der Waals surface area (Å²) in [5, 5.41) is 0. The normalized spacial score (nSPS) is 24.3. The van der Waals surface area contributed by atoms with E-state index in [1.54, 1.807) is 0 Å². The molecule has 0 aromatic rings. The highest BCUT2D eigenvalue weighted by molar-refractivity contribution is 7.99. The standard InChI is InChI=1S/C21H31OS/c1-21(2,23-15-6-7-16-23)20(22)19-12-8-11-18(13-14-19)17-9-4-3-5-10-17/h8,11,13-14,17H,3-7,9-10,12,15-16H2,1-2H3/q+1. The molecule has 0 unspecified atom stereocenters. The molecule has 0 bridgehead atoms. The first-order chi connectivity index (χ1) is 11.1. The molecule has 1 saturated heterocycles. The van der Waals surface area contributed by atoms with E-state index in [-0.39, 0.29) is 15.6 Å². The zero-order chi connectivity index (χ0) is 16.3. The minimum absolute atomic E-state index is 0.167. The second-order valence-corrected chi connectivity index (χ2v) is 10.6. The van der Waals surface area contributed by atoms with Gasteiger partial charge in [0, 0.05) is 16.5 Å². The summed E-state index contributed by atoms with van der Waals surface area (Å²) >= 11 is 0. The lowest BCUT2D eigenvalue weighted by molar-refractivity contribution is -0.117. The van der Waals surface area contributed by atoms with Gasteiger partial charge in [0.15, 0.2) is 4.75 Å². The van der Waals surface area contributed by atoms with Crippen molar-refractivity contribution in [3.05, 3.63) is 35.5 Å². The summed E-state index contributed by atoms with van der Waals surface area (Å²) in [5.74, 6) is 3.62. The van der Waals surface area contributed by atoms with Crippen LogP contribution in [-0.2, 0) is 15.7 Å². The monoisotopic (exact) mass is 331 g/mol. The molecule has 0 N–H and O–H groups in total. The Balaban J connectivity index is 1.74. The van der Waals surface area contributed by atoms with Gasteiger partial charge in [-0.3, -0.25) is 4.79 Å². The van der Waals surface area contributed by atoms with Crippen LogP contribution in [0, 0.1) is 5.92 Å². The van der Waals surface area contributed by atoms with Crippen LogP contribution in [0.4, 0.5) is 0 Å². The van der Waals surface area contributed by atoms with E-state index in [0.717, 1.165) is 17.9 Å². The minimum atomic E-state index is -0.167. The van der Waals surface area contributed by atoms with Crippen LogP contribution in [0.5, 0.6) is 0 Å². The lowest BCUT2D eigenvalue weighted by Crippen LogP contribution is -2.42. The molecule has 3 aliphatic rings. The van der Waals surface area contributed by atoms with Crippen molar-refractivity contribution in [3.8, 4) is 0 Å². The maximum Gasteiger partial charge on any atom is 0.213 e. The van der Waals surface area contributed by atoms with Gasteiger partial charge < -0.3 is 0 Å². The summed E-state index contributed by atoms with van der Waals surface area (Å²) in [6.07, 6.45) is 19.1. The van der Waals surface area contributed by atoms with Crippen LogP contribution in [0.3, 0.4) is 0 Å². The van der Waals surface area contributed by atoms with Gasteiger partial charge in [0.2, 0.25) is 5.78 Å². The summed E-state index contributed by atoms with van der Waals surface area (Å²) in [5.41, 5.74) is 2.48. The van der Waals surface area contributed by atoms with Gasteiger partial charge in [0.05, 0.1) is 0 Å². The maximum absolute atomic E-state index is 13.1. The largest absolute Gasteiger partial charge is 0.289 e. The third kappa shape index (κ3) is 3.84. The molecule has 1 nitrogen and oxygen atoms in total. The average molecular weight is 332 g/mol. The van der Waals surface area contributed by atoms with Crippen LogP contribution in [0.15, 0.2) is 35.5 Å². The lowest BCUT2D eigenvalue weighted by Gasteiger charge is -2.22. The number of carbonyl (C=O) groups excluding carboxylic acids is 1. The molecule has 1 saturated carbocycles. The molecule has 126 valence electrons. The fourth-order valence-corrected chi connectivity index (χ4v) is 6.92. The highest BCUT2D eigenvalue weighted by Gasteiger charge is 2.47. The van der Waals surface area contributed by atoms with Gasteiger partial charge >= 0.3 is 0 Å². The summed E-state index contributed by atoms with van der Waals surface area (Å²) in [4.78, 5) is 13.1. The van der Waals surface area contributed by atoms with Crippen molar-refractivity contribution in [2.45, 2.75) is 70.0 Å². The fraction of sp³-hybridized carbons (Fsp3) is 0.667. The van der Waals surface area contributed by atoms with Crippen LogP contribution in [0.25, 0.3) is 0 Å². The van der Waals surface area contributed by atoms with Gasteiger partial charge in [-0.05, 0) is 57.4 Å². The highest BCUT2D eigenvalue weighted by Crippen LogP contribution is 2.34. The van der Waals surface area contributed by atoms with Crippen molar-refractivity contribution in [2.75, 3.05) is 11.5 Å². The predicted molar refractivity (Wildman–Crippen MR) is 102 cm³/mol. The predicted octanol–water partition coefficient (Wildman–Crippen LogP) is 5.14.